The zero-order valence-electron chi connectivity index (χ0n) is 42.0. The highest BCUT2D eigenvalue weighted by Gasteiger charge is 2.61. The minimum atomic E-state index is -1.96. The maximum atomic E-state index is 14.7. The average Bonchev–Trinajstić information content (AvgIpc) is 3.64. The van der Waals surface area contributed by atoms with Crippen LogP contribution in [0, 0.1) is 13.8 Å². The molecule has 0 spiro atoms. The number of hydrogen-bond donors (Lipinski definition) is 0. The van der Waals surface area contributed by atoms with Crippen molar-refractivity contribution < 1.29 is 90.4 Å². The van der Waals surface area contributed by atoms with Crippen molar-refractivity contribution in [1.82, 2.24) is 4.90 Å². The maximum absolute atomic E-state index is 14.7. The number of nitrogens with zero attached hydrogens (tertiary/aromatic N) is 1. The third kappa shape index (κ3) is 12.5. The molecule has 10 atom stereocenters. The fraction of sp³-hybridized carbons (Fsp3) is 0.400. The molecular weight excluding hydrogens is 979 g/mol. The second kappa shape index (κ2) is 23.4. The fourth-order valence-corrected chi connectivity index (χ4v) is 8.84. The van der Waals surface area contributed by atoms with Crippen molar-refractivity contribution in [2.45, 2.75) is 115 Å². The summed E-state index contributed by atoms with van der Waals surface area (Å²) >= 11 is 0. The minimum Gasteiger partial charge on any atom is -0.497 e. The van der Waals surface area contributed by atoms with Gasteiger partial charge < -0.3 is 61.6 Å². The molecule has 3 fully saturated rings. The Morgan fingerprint density at radius 3 is 1.87 bits per heavy atom. The molecule has 3 saturated heterocycles. The van der Waals surface area contributed by atoms with E-state index in [4.69, 9.17) is 56.8 Å². The second-order valence-electron chi connectivity index (χ2n) is 18.6. The molecule has 4 aliphatic rings. The van der Waals surface area contributed by atoms with Crippen LogP contribution in [0.5, 0.6) is 11.5 Å². The van der Waals surface area contributed by atoms with Gasteiger partial charge in [0, 0.05) is 6.42 Å². The first kappa shape index (κ1) is 53.8. The standard InChI is InChI=1S/C55H57NO19/c1-8-27-65-54(63)74-43-39(28-66-41(58)26-17-32(4)57)70-53(47(72-51(62)34-20-15-31(3)16-21-34)46(43)71-50(61)33-18-13-30(2)14-19-33)73-45-42(56-48(59)37-11-9-10-12-38(37)49(56)60)52(68-36-24-22-35(64-7)23-25-36)69-40-29-67-55(5,6)75-44(40)45/h8-16,18-25,39-40,42-47,52-53H,1,17,26-29H2,2-7H3/t39-,40-,42-,43-,44-,45-,46+,47-,52-,53+/m1/s1. The molecule has 4 aliphatic heterocycles. The smallest absolute Gasteiger partial charge is 0.497 e. The molecule has 0 unspecified atom stereocenters. The summed E-state index contributed by atoms with van der Waals surface area (Å²) in [4.78, 5) is 97.9. The largest absolute Gasteiger partial charge is 0.509 e. The zero-order valence-corrected chi connectivity index (χ0v) is 42.0. The lowest BCUT2D eigenvalue weighted by Crippen LogP contribution is -2.72. The molecule has 8 rings (SSSR count). The number of fused-ring (bicyclic) bond motifs is 2. The molecule has 20 nitrogen and oxygen atoms in total. The number of carbonyl (C=O) groups excluding carboxylic acids is 7. The molecule has 0 radical (unpaired) electrons. The Labute approximate surface area is 431 Å². The number of carbonyl (C=O) groups is 7. The first-order chi connectivity index (χ1) is 35.9. The van der Waals surface area contributed by atoms with E-state index in [2.05, 4.69) is 6.58 Å². The van der Waals surface area contributed by atoms with Crippen LogP contribution in [-0.2, 0) is 57.0 Å². The Balaban J connectivity index is 1.29. The van der Waals surface area contributed by atoms with E-state index in [0.717, 1.165) is 16.0 Å². The fourth-order valence-electron chi connectivity index (χ4n) is 8.84. The summed E-state index contributed by atoms with van der Waals surface area (Å²) in [6.45, 7) is 10.6. The lowest BCUT2D eigenvalue weighted by atomic mass is 9.93. The van der Waals surface area contributed by atoms with Crippen molar-refractivity contribution in [3.05, 3.63) is 143 Å². The number of rotatable bonds is 18. The number of ether oxygens (including phenoxy) is 12. The number of methoxy groups -OCH3 is 1. The Bertz CT molecular complexity index is 2720. The average molecular weight is 1040 g/mol. The number of amides is 2. The molecule has 2 amide bonds. The predicted molar refractivity (Wildman–Crippen MR) is 260 cm³/mol. The highest BCUT2D eigenvalue weighted by molar-refractivity contribution is 6.21. The number of benzene rings is 4. The topological polar surface area (TPSA) is 233 Å². The predicted octanol–water partition coefficient (Wildman–Crippen LogP) is 6.41. The first-order valence-corrected chi connectivity index (χ1v) is 24.1. The third-order valence-corrected chi connectivity index (χ3v) is 12.6. The van der Waals surface area contributed by atoms with Crippen LogP contribution in [0.25, 0.3) is 0 Å². The van der Waals surface area contributed by atoms with E-state index in [9.17, 15) is 33.6 Å². The summed E-state index contributed by atoms with van der Waals surface area (Å²) in [6, 6.07) is 23.6. The van der Waals surface area contributed by atoms with Gasteiger partial charge in [-0.3, -0.25) is 19.3 Å². The van der Waals surface area contributed by atoms with E-state index in [-0.39, 0.29) is 59.8 Å². The van der Waals surface area contributed by atoms with Crippen molar-refractivity contribution in [1.29, 1.82) is 0 Å². The Kier molecular flexibility index (Phi) is 16.8. The second-order valence-corrected chi connectivity index (χ2v) is 18.6. The zero-order chi connectivity index (χ0) is 53.6. The van der Waals surface area contributed by atoms with Crippen LogP contribution >= 0.6 is 0 Å². The molecule has 75 heavy (non-hydrogen) atoms. The Hall–Kier alpha value is -7.49. The minimum absolute atomic E-state index is 0.0303. The Morgan fingerprint density at radius 2 is 1.29 bits per heavy atom. The number of esters is 3. The molecule has 4 aromatic carbocycles. The first-order valence-electron chi connectivity index (χ1n) is 24.1. The van der Waals surface area contributed by atoms with Crippen LogP contribution < -0.4 is 9.47 Å². The SMILES string of the molecule is C=CCOC(=O)O[C@H]1[C@H](OC(=O)c2ccc(C)cc2)[C@@H](OC(=O)c2ccc(C)cc2)[C@H](O[C@H]2[C@@H]3OC(C)(C)OC[C@H]3O[C@@H](Oc3ccc(OC)cc3)[C@@H]2N2C(=O)c3ccccc3C2=O)O[C@@H]1COC(=O)CCC(C)=O. The van der Waals surface area contributed by atoms with Gasteiger partial charge in [0.2, 0.25) is 6.29 Å². The summed E-state index contributed by atoms with van der Waals surface area (Å²) < 4.78 is 74.2. The normalized spacial score (nSPS) is 25.7. The molecule has 0 saturated carbocycles. The van der Waals surface area contributed by atoms with E-state index in [1.807, 2.05) is 13.8 Å². The highest BCUT2D eigenvalue weighted by atomic mass is 16.8. The monoisotopic (exact) mass is 1040 g/mol. The van der Waals surface area contributed by atoms with E-state index in [1.54, 1.807) is 74.5 Å². The van der Waals surface area contributed by atoms with Gasteiger partial charge in [-0.2, -0.15) is 0 Å². The lowest BCUT2D eigenvalue weighted by Gasteiger charge is -2.53. The van der Waals surface area contributed by atoms with Crippen molar-refractivity contribution in [3.8, 4) is 11.5 Å². The van der Waals surface area contributed by atoms with Gasteiger partial charge in [0.25, 0.3) is 11.8 Å². The van der Waals surface area contributed by atoms with Gasteiger partial charge in [0.15, 0.2) is 30.4 Å². The molecule has 0 bridgehead atoms. The van der Waals surface area contributed by atoms with E-state index >= 15 is 0 Å². The summed E-state index contributed by atoms with van der Waals surface area (Å²) in [5, 5.41) is 0. The highest BCUT2D eigenvalue weighted by Crippen LogP contribution is 2.42. The molecule has 4 aromatic rings. The summed E-state index contributed by atoms with van der Waals surface area (Å²) in [7, 11) is 1.49. The van der Waals surface area contributed by atoms with Crippen LogP contribution in [0.1, 0.15) is 86.2 Å². The van der Waals surface area contributed by atoms with Gasteiger partial charge in [-0.15, -0.1) is 0 Å². The summed E-state index contributed by atoms with van der Waals surface area (Å²) in [5.74, 6) is -5.24. The molecule has 396 valence electrons. The van der Waals surface area contributed by atoms with Gasteiger partial charge in [-0.1, -0.05) is 60.2 Å². The Morgan fingerprint density at radius 1 is 0.707 bits per heavy atom. The summed E-state index contributed by atoms with van der Waals surface area (Å²) in [6.07, 6.45) is -15.2. The summed E-state index contributed by atoms with van der Waals surface area (Å²) in [5.41, 5.74) is 1.81. The van der Waals surface area contributed by atoms with Gasteiger partial charge in [-0.25, -0.2) is 14.4 Å². The molecule has 0 aliphatic carbocycles. The van der Waals surface area contributed by atoms with Crippen molar-refractivity contribution in [2.24, 2.45) is 0 Å². The van der Waals surface area contributed by atoms with Crippen molar-refractivity contribution >= 4 is 41.7 Å². The van der Waals surface area contributed by atoms with Gasteiger partial charge in [0.05, 0.1) is 42.4 Å². The van der Waals surface area contributed by atoms with Crippen LogP contribution in [0.2, 0.25) is 0 Å². The van der Waals surface area contributed by atoms with Gasteiger partial charge in [-0.05, 0) is 95.3 Å². The van der Waals surface area contributed by atoms with Crippen molar-refractivity contribution in [3.63, 3.8) is 0 Å². The van der Waals surface area contributed by atoms with Crippen LogP contribution in [0.15, 0.2) is 110 Å². The van der Waals surface area contributed by atoms with Crippen LogP contribution in [-0.4, -0.2) is 141 Å². The molecular formula is C55H57NO19. The number of imide groups is 1. The van der Waals surface area contributed by atoms with E-state index < -0.39 is 110 Å². The lowest BCUT2D eigenvalue weighted by molar-refractivity contribution is -0.390. The van der Waals surface area contributed by atoms with Crippen molar-refractivity contribution in [2.75, 3.05) is 26.9 Å². The van der Waals surface area contributed by atoms with Crippen LogP contribution in [0.3, 0.4) is 0 Å². The number of aryl methyl sites for hydroxylation is 2. The maximum Gasteiger partial charge on any atom is 0.509 e. The molecule has 0 N–H and O–H groups in total. The third-order valence-electron chi connectivity index (χ3n) is 12.6. The number of hydrogen-bond acceptors (Lipinski definition) is 19. The van der Waals surface area contributed by atoms with Gasteiger partial charge >= 0.3 is 24.1 Å². The number of Topliss-reactive ketones (excluding diaryl/α,β-unsaturated/α-hetero) is 1. The van der Waals surface area contributed by atoms with Gasteiger partial charge in [0.1, 0.15) is 61.0 Å². The molecule has 0 aromatic heterocycles. The quantitative estimate of drug-likeness (QED) is 0.0453. The van der Waals surface area contributed by atoms with Crippen LogP contribution in [0.4, 0.5) is 4.79 Å². The molecule has 20 heteroatoms. The van der Waals surface area contributed by atoms with E-state index in [0.29, 0.717) is 5.75 Å². The molecule has 4 heterocycles. The van der Waals surface area contributed by atoms with E-state index in [1.165, 1.54) is 56.5 Å². The number of ketones is 1.